The molecule has 2 aliphatic rings. The van der Waals surface area contributed by atoms with Crippen LogP contribution in [0.4, 0.5) is 0 Å². The van der Waals surface area contributed by atoms with Crippen molar-refractivity contribution in [3.05, 3.63) is 40.2 Å². The molecule has 30 heavy (non-hydrogen) atoms. The van der Waals surface area contributed by atoms with Crippen LogP contribution in [0.3, 0.4) is 0 Å². The highest BCUT2D eigenvalue weighted by atomic mass is 32.1. The fourth-order valence-electron chi connectivity index (χ4n) is 4.44. The second-order valence-electron chi connectivity index (χ2n) is 8.38. The van der Waals surface area contributed by atoms with Crippen molar-refractivity contribution in [2.45, 2.75) is 63.6 Å². The van der Waals surface area contributed by atoms with E-state index >= 15 is 0 Å². The fourth-order valence-corrected chi connectivity index (χ4v) is 4.75. The van der Waals surface area contributed by atoms with Gasteiger partial charge in [0.05, 0.1) is 25.3 Å². The maximum absolute atomic E-state index is 12.8. The van der Waals surface area contributed by atoms with Crippen LogP contribution in [0, 0.1) is 0 Å². The lowest BCUT2D eigenvalue weighted by atomic mass is 9.96. The summed E-state index contributed by atoms with van der Waals surface area (Å²) < 4.78 is 11.1. The smallest absolute Gasteiger partial charge is 0.253 e. The number of fused-ring (bicyclic) bond motifs is 1. The van der Waals surface area contributed by atoms with E-state index in [0.29, 0.717) is 24.7 Å². The number of aromatic amines is 1. The molecule has 162 valence electrons. The molecule has 1 saturated heterocycles. The Balaban J connectivity index is 1.54. The molecule has 0 radical (unpaired) electrons. The molecule has 1 aliphatic heterocycles. The van der Waals surface area contributed by atoms with E-state index in [2.05, 4.69) is 15.2 Å². The van der Waals surface area contributed by atoms with Crippen LogP contribution in [-0.4, -0.2) is 47.4 Å². The molecule has 1 aromatic carbocycles. The van der Waals surface area contributed by atoms with Gasteiger partial charge >= 0.3 is 0 Å². The molecular formula is C23H31N3O3S. The summed E-state index contributed by atoms with van der Waals surface area (Å²) in [6.07, 6.45) is 8.41. The number of hydrogen-bond donors (Lipinski definition) is 2. The van der Waals surface area contributed by atoms with E-state index in [9.17, 15) is 4.79 Å². The number of benzene rings is 1. The van der Waals surface area contributed by atoms with Crippen LogP contribution < -0.4 is 15.6 Å². The summed E-state index contributed by atoms with van der Waals surface area (Å²) in [5.41, 5.74) is 1.39. The quantitative estimate of drug-likeness (QED) is 0.682. The summed E-state index contributed by atoms with van der Waals surface area (Å²) >= 11 is 5.79. The van der Waals surface area contributed by atoms with Gasteiger partial charge in [-0.05, 0) is 61.5 Å². The minimum atomic E-state index is -0.0893. The van der Waals surface area contributed by atoms with E-state index in [1.807, 2.05) is 24.3 Å². The molecule has 0 spiro atoms. The van der Waals surface area contributed by atoms with Crippen LogP contribution in [0.2, 0.25) is 0 Å². The second kappa shape index (κ2) is 9.79. The number of nitrogens with one attached hydrogen (secondary N) is 2. The van der Waals surface area contributed by atoms with Gasteiger partial charge in [-0.3, -0.25) is 4.79 Å². The van der Waals surface area contributed by atoms with Gasteiger partial charge in [-0.15, -0.1) is 0 Å². The lowest BCUT2D eigenvalue weighted by Crippen LogP contribution is -2.47. The van der Waals surface area contributed by atoms with Crippen LogP contribution in [0.1, 0.15) is 50.5 Å². The summed E-state index contributed by atoms with van der Waals surface area (Å²) in [5, 5.41) is 5.27. The van der Waals surface area contributed by atoms with Crippen molar-refractivity contribution in [2.24, 2.45) is 0 Å². The number of nitrogens with zero attached hydrogens (tertiary/aromatic N) is 1. The lowest BCUT2D eigenvalue weighted by Gasteiger charge is -2.32. The van der Waals surface area contributed by atoms with Crippen molar-refractivity contribution in [2.75, 3.05) is 20.3 Å². The molecule has 1 aromatic heterocycles. The molecular weight excluding hydrogens is 398 g/mol. The number of hydrogen-bond acceptors (Lipinski definition) is 4. The van der Waals surface area contributed by atoms with Gasteiger partial charge in [0.1, 0.15) is 5.75 Å². The van der Waals surface area contributed by atoms with Crippen molar-refractivity contribution < 1.29 is 9.47 Å². The number of pyridine rings is 1. The number of H-pyrrole nitrogens is 1. The molecule has 1 aliphatic carbocycles. The van der Waals surface area contributed by atoms with E-state index in [-0.39, 0.29) is 11.7 Å². The van der Waals surface area contributed by atoms with E-state index in [1.165, 1.54) is 19.3 Å². The number of methoxy groups -OCH3 is 1. The van der Waals surface area contributed by atoms with Gasteiger partial charge in [-0.25, -0.2) is 0 Å². The van der Waals surface area contributed by atoms with Gasteiger partial charge in [-0.2, -0.15) is 0 Å². The molecule has 2 fully saturated rings. The van der Waals surface area contributed by atoms with Crippen molar-refractivity contribution >= 4 is 28.2 Å². The highest BCUT2D eigenvalue weighted by molar-refractivity contribution is 7.80. The fraction of sp³-hybridized carbons (Fsp3) is 0.565. The summed E-state index contributed by atoms with van der Waals surface area (Å²) in [7, 11) is 1.62. The number of ether oxygens (including phenoxy) is 2. The first-order valence-corrected chi connectivity index (χ1v) is 11.4. The predicted molar refractivity (Wildman–Crippen MR) is 123 cm³/mol. The molecule has 0 amide bonds. The Hall–Kier alpha value is -2.12. The second-order valence-corrected chi connectivity index (χ2v) is 8.76. The first-order valence-electron chi connectivity index (χ1n) is 11.0. The highest BCUT2D eigenvalue weighted by Gasteiger charge is 2.24. The molecule has 0 bridgehead atoms. The first-order chi connectivity index (χ1) is 14.6. The number of rotatable bonds is 6. The molecule has 6 nitrogen and oxygen atoms in total. The minimum Gasteiger partial charge on any atom is -0.497 e. The summed E-state index contributed by atoms with van der Waals surface area (Å²) in [6.45, 7) is 1.98. The van der Waals surface area contributed by atoms with Gasteiger partial charge < -0.3 is 24.7 Å². The van der Waals surface area contributed by atoms with E-state index in [0.717, 1.165) is 54.1 Å². The molecule has 2 aromatic rings. The molecule has 1 atom stereocenters. The zero-order chi connectivity index (χ0) is 20.9. The Morgan fingerprint density at radius 2 is 2.07 bits per heavy atom. The summed E-state index contributed by atoms with van der Waals surface area (Å²) in [5.74, 6) is 0.726. The Kier molecular flexibility index (Phi) is 6.89. The molecule has 2 heterocycles. The monoisotopic (exact) mass is 429 g/mol. The van der Waals surface area contributed by atoms with Crippen LogP contribution in [-0.2, 0) is 11.3 Å². The van der Waals surface area contributed by atoms with Crippen molar-refractivity contribution in [1.29, 1.82) is 0 Å². The SMILES string of the molecule is COc1ccc2cc(CN(C[C@@H]3CCCO3)C(=S)NC3CCCCC3)c(=O)[nH]c2c1. The summed E-state index contributed by atoms with van der Waals surface area (Å²) in [6, 6.07) is 8.11. The number of thiocarbonyl (C=S) groups is 1. The third-order valence-electron chi connectivity index (χ3n) is 6.16. The highest BCUT2D eigenvalue weighted by Crippen LogP contribution is 2.21. The zero-order valence-corrected chi connectivity index (χ0v) is 18.4. The average Bonchev–Trinajstić information content (AvgIpc) is 3.27. The largest absolute Gasteiger partial charge is 0.497 e. The van der Waals surface area contributed by atoms with Gasteiger partial charge in [0.25, 0.3) is 5.56 Å². The van der Waals surface area contributed by atoms with Gasteiger partial charge in [0, 0.05) is 30.8 Å². The predicted octanol–water partition coefficient (Wildman–Crippen LogP) is 3.72. The van der Waals surface area contributed by atoms with Gasteiger partial charge in [0.15, 0.2) is 5.11 Å². The van der Waals surface area contributed by atoms with Gasteiger partial charge in [-0.1, -0.05) is 19.3 Å². The van der Waals surface area contributed by atoms with Crippen molar-refractivity contribution in [1.82, 2.24) is 15.2 Å². The van der Waals surface area contributed by atoms with Crippen molar-refractivity contribution in [3.63, 3.8) is 0 Å². The van der Waals surface area contributed by atoms with E-state index in [4.69, 9.17) is 21.7 Å². The summed E-state index contributed by atoms with van der Waals surface area (Å²) in [4.78, 5) is 17.9. The Bertz CT molecular complexity index is 933. The zero-order valence-electron chi connectivity index (χ0n) is 17.6. The third kappa shape index (κ3) is 5.13. The Labute approximate surface area is 182 Å². The van der Waals surface area contributed by atoms with Crippen LogP contribution in [0.25, 0.3) is 10.9 Å². The average molecular weight is 430 g/mol. The Morgan fingerprint density at radius 3 is 2.80 bits per heavy atom. The van der Waals surface area contributed by atoms with Crippen LogP contribution in [0.5, 0.6) is 5.75 Å². The molecule has 2 N–H and O–H groups in total. The molecule has 7 heteroatoms. The number of aromatic nitrogens is 1. The first kappa shape index (κ1) is 21.1. The maximum atomic E-state index is 12.8. The van der Waals surface area contributed by atoms with Crippen LogP contribution >= 0.6 is 12.2 Å². The lowest BCUT2D eigenvalue weighted by molar-refractivity contribution is 0.0894. The Morgan fingerprint density at radius 1 is 1.23 bits per heavy atom. The van der Waals surface area contributed by atoms with Crippen molar-refractivity contribution in [3.8, 4) is 5.75 Å². The van der Waals surface area contributed by atoms with Crippen LogP contribution in [0.15, 0.2) is 29.1 Å². The standard InChI is InChI=1S/C23H31N3O3S/c1-28-19-10-9-16-12-17(22(27)25-21(16)13-19)14-26(15-20-8-5-11-29-20)23(30)24-18-6-3-2-4-7-18/h9-10,12-13,18,20H,2-8,11,14-15H2,1H3,(H,24,30)(H,25,27)/t20-/m0/s1. The third-order valence-corrected chi connectivity index (χ3v) is 6.54. The maximum Gasteiger partial charge on any atom is 0.253 e. The normalized spacial score (nSPS) is 19.7. The minimum absolute atomic E-state index is 0.0893. The molecule has 1 saturated carbocycles. The van der Waals surface area contributed by atoms with E-state index < -0.39 is 0 Å². The molecule has 4 rings (SSSR count). The topological polar surface area (TPSA) is 66.6 Å². The van der Waals surface area contributed by atoms with E-state index in [1.54, 1.807) is 7.11 Å². The van der Waals surface area contributed by atoms with Gasteiger partial charge in [0.2, 0.25) is 0 Å². The molecule has 0 unspecified atom stereocenters.